The van der Waals surface area contributed by atoms with E-state index in [2.05, 4.69) is 5.32 Å². The van der Waals surface area contributed by atoms with Crippen LogP contribution in [0.2, 0.25) is 0 Å². The Labute approximate surface area is 120 Å². The first-order valence-corrected chi connectivity index (χ1v) is 6.22. The monoisotopic (exact) mass is 291 g/mol. The first-order valence-electron chi connectivity index (χ1n) is 5.85. The summed E-state index contributed by atoms with van der Waals surface area (Å²) < 4.78 is 13.2. The number of amides is 1. The highest BCUT2D eigenvalue weighted by molar-refractivity contribution is 6.67. The van der Waals surface area contributed by atoms with Crippen LogP contribution in [0.1, 0.15) is 26.3 Å². The lowest BCUT2D eigenvalue weighted by Crippen LogP contribution is -2.13. The largest absolute Gasteiger partial charge is 0.322 e. The fraction of sp³-hybridized carbons (Fsp3) is 0.0667. The Kier molecular flexibility index (Phi) is 4.15. The van der Waals surface area contributed by atoms with Crippen LogP contribution in [0.3, 0.4) is 0 Å². The third-order valence-corrected chi connectivity index (χ3v) is 3.03. The van der Waals surface area contributed by atoms with Crippen LogP contribution in [0.5, 0.6) is 0 Å². The Morgan fingerprint density at radius 2 is 1.75 bits per heavy atom. The summed E-state index contributed by atoms with van der Waals surface area (Å²) in [5, 5.41) is 2.07. The van der Waals surface area contributed by atoms with Crippen LogP contribution in [0, 0.1) is 12.7 Å². The minimum atomic E-state index is -0.566. The van der Waals surface area contributed by atoms with Crippen molar-refractivity contribution in [1.29, 1.82) is 0 Å². The zero-order valence-electron chi connectivity index (χ0n) is 10.6. The minimum Gasteiger partial charge on any atom is -0.322 e. The molecule has 20 heavy (non-hydrogen) atoms. The third kappa shape index (κ3) is 3.22. The van der Waals surface area contributed by atoms with E-state index in [1.54, 1.807) is 25.1 Å². The van der Waals surface area contributed by atoms with Gasteiger partial charge in [0, 0.05) is 16.8 Å². The summed E-state index contributed by atoms with van der Waals surface area (Å²) >= 11 is 5.33. The molecule has 2 rings (SSSR count). The van der Waals surface area contributed by atoms with Crippen LogP contribution < -0.4 is 5.32 Å². The Hall–Kier alpha value is -2.20. The molecule has 1 N–H and O–H groups in total. The van der Waals surface area contributed by atoms with E-state index in [1.807, 2.05) is 0 Å². The third-order valence-electron chi connectivity index (χ3n) is 2.81. The van der Waals surface area contributed by atoms with E-state index in [4.69, 9.17) is 11.6 Å². The second kappa shape index (κ2) is 5.84. The molecule has 0 atom stereocenters. The predicted molar refractivity (Wildman–Crippen MR) is 75.7 cm³/mol. The van der Waals surface area contributed by atoms with Crippen LogP contribution >= 0.6 is 11.6 Å². The van der Waals surface area contributed by atoms with Gasteiger partial charge in [-0.25, -0.2) is 4.39 Å². The van der Waals surface area contributed by atoms with Gasteiger partial charge in [-0.3, -0.25) is 9.59 Å². The number of halogens is 2. The van der Waals surface area contributed by atoms with E-state index in [1.165, 1.54) is 24.3 Å². The van der Waals surface area contributed by atoms with Crippen molar-refractivity contribution in [3.05, 3.63) is 65.0 Å². The summed E-state index contributed by atoms with van der Waals surface area (Å²) in [4.78, 5) is 23.0. The maximum absolute atomic E-state index is 13.2. The highest BCUT2D eigenvalue weighted by atomic mass is 35.5. The van der Waals surface area contributed by atoms with Gasteiger partial charge in [-0.1, -0.05) is 6.07 Å². The van der Waals surface area contributed by atoms with Crippen molar-refractivity contribution in [3.63, 3.8) is 0 Å². The predicted octanol–water partition coefficient (Wildman–Crippen LogP) is 3.77. The molecule has 0 aliphatic rings. The zero-order chi connectivity index (χ0) is 14.7. The van der Waals surface area contributed by atoms with E-state index < -0.39 is 17.0 Å². The molecule has 0 radical (unpaired) electrons. The maximum atomic E-state index is 13.2. The quantitative estimate of drug-likeness (QED) is 0.875. The first kappa shape index (κ1) is 14.2. The van der Waals surface area contributed by atoms with Crippen molar-refractivity contribution in [2.45, 2.75) is 6.92 Å². The van der Waals surface area contributed by atoms with Gasteiger partial charge in [-0.15, -0.1) is 0 Å². The van der Waals surface area contributed by atoms with Gasteiger partial charge in [0.15, 0.2) is 0 Å². The second-order valence-corrected chi connectivity index (χ2v) is 4.61. The Morgan fingerprint density at radius 3 is 2.35 bits per heavy atom. The number of aryl methyl sites for hydroxylation is 1. The van der Waals surface area contributed by atoms with Crippen molar-refractivity contribution in [3.8, 4) is 0 Å². The molecule has 102 valence electrons. The lowest BCUT2D eigenvalue weighted by Gasteiger charge is -2.08. The lowest BCUT2D eigenvalue weighted by molar-refractivity contribution is 0.102. The molecule has 0 heterocycles. The number of nitrogens with one attached hydrogen (secondary N) is 1. The van der Waals surface area contributed by atoms with Crippen molar-refractivity contribution in [1.82, 2.24) is 0 Å². The van der Waals surface area contributed by atoms with Gasteiger partial charge in [-0.05, 0) is 60.5 Å². The highest BCUT2D eigenvalue weighted by Crippen LogP contribution is 2.15. The van der Waals surface area contributed by atoms with Gasteiger partial charge in [-0.2, -0.15) is 0 Å². The molecule has 2 aromatic rings. The number of anilines is 1. The summed E-state index contributed by atoms with van der Waals surface area (Å²) in [5.74, 6) is -0.879. The van der Waals surface area contributed by atoms with E-state index in [0.29, 0.717) is 16.8 Å². The molecule has 0 aromatic heterocycles. The normalized spacial score (nSPS) is 10.2. The second-order valence-electron chi connectivity index (χ2n) is 4.26. The Morgan fingerprint density at radius 1 is 1.10 bits per heavy atom. The molecule has 0 aliphatic carbocycles. The fourth-order valence-corrected chi connectivity index (χ4v) is 1.85. The maximum Gasteiger partial charge on any atom is 0.256 e. The molecular formula is C15H11ClFNO2. The molecule has 2 aromatic carbocycles. The summed E-state index contributed by atoms with van der Waals surface area (Å²) in [6, 6.07) is 10.1. The van der Waals surface area contributed by atoms with Crippen LogP contribution in [-0.4, -0.2) is 11.1 Å². The van der Waals surface area contributed by atoms with Gasteiger partial charge >= 0.3 is 0 Å². The molecule has 0 saturated heterocycles. The van der Waals surface area contributed by atoms with Crippen LogP contribution in [0.4, 0.5) is 10.1 Å². The molecular weight excluding hydrogens is 281 g/mol. The minimum absolute atomic E-state index is 0.266. The summed E-state index contributed by atoms with van der Waals surface area (Å²) in [7, 11) is 0. The van der Waals surface area contributed by atoms with Gasteiger partial charge in [0.1, 0.15) is 5.82 Å². The van der Waals surface area contributed by atoms with Crippen LogP contribution in [0.15, 0.2) is 42.5 Å². The lowest BCUT2D eigenvalue weighted by atomic mass is 10.1. The topological polar surface area (TPSA) is 46.2 Å². The number of hydrogen-bond donors (Lipinski definition) is 1. The van der Waals surface area contributed by atoms with Crippen LogP contribution in [-0.2, 0) is 0 Å². The molecule has 0 aliphatic heterocycles. The summed E-state index contributed by atoms with van der Waals surface area (Å²) in [5.41, 5.74) is 1.78. The van der Waals surface area contributed by atoms with Gasteiger partial charge in [0.05, 0.1) is 0 Å². The molecule has 0 saturated carbocycles. The van der Waals surface area contributed by atoms with Crippen molar-refractivity contribution in [2.75, 3.05) is 5.32 Å². The highest BCUT2D eigenvalue weighted by Gasteiger charge is 2.10. The molecule has 1 amide bonds. The van der Waals surface area contributed by atoms with E-state index in [0.717, 1.165) is 0 Å². The van der Waals surface area contributed by atoms with Crippen molar-refractivity contribution < 1.29 is 14.0 Å². The SMILES string of the molecule is Cc1ccc(F)cc1C(=O)Nc1ccc(C(=O)Cl)cc1. The molecule has 3 nitrogen and oxygen atoms in total. The first-order chi connectivity index (χ1) is 9.47. The molecule has 0 bridgehead atoms. The number of rotatable bonds is 3. The summed E-state index contributed by atoms with van der Waals surface area (Å²) in [6.45, 7) is 1.73. The molecule has 5 heteroatoms. The van der Waals surface area contributed by atoms with Gasteiger partial charge in [0.25, 0.3) is 11.1 Å². The number of hydrogen-bond acceptors (Lipinski definition) is 2. The molecule has 0 unspecified atom stereocenters. The van der Waals surface area contributed by atoms with Crippen LogP contribution in [0.25, 0.3) is 0 Å². The van der Waals surface area contributed by atoms with Crippen molar-refractivity contribution in [2.24, 2.45) is 0 Å². The fourth-order valence-electron chi connectivity index (χ4n) is 1.72. The van der Waals surface area contributed by atoms with Gasteiger partial charge in [0.2, 0.25) is 0 Å². The average Bonchev–Trinajstić information content (AvgIpc) is 2.42. The Bertz CT molecular complexity index is 668. The van der Waals surface area contributed by atoms with Crippen molar-refractivity contribution >= 4 is 28.4 Å². The standard InChI is InChI=1S/C15H11ClFNO2/c1-9-2-5-11(17)8-13(9)15(20)18-12-6-3-10(4-7-12)14(16)19/h2-8H,1H3,(H,18,20). The number of benzene rings is 2. The number of carbonyl (C=O) groups excluding carboxylic acids is 2. The van der Waals surface area contributed by atoms with E-state index in [-0.39, 0.29) is 5.56 Å². The van der Waals surface area contributed by atoms with E-state index >= 15 is 0 Å². The molecule has 0 spiro atoms. The Balaban J connectivity index is 2.19. The van der Waals surface area contributed by atoms with E-state index in [9.17, 15) is 14.0 Å². The molecule has 0 fully saturated rings. The summed E-state index contributed by atoms with van der Waals surface area (Å²) in [6.07, 6.45) is 0. The zero-order valence-corrected chi connectivity index (χ0v) is 11.4. The smallest absolute Gasteiger partial charge is 0.256 e. The average molecular weight is 292 g/mol. The van der Waals surface area contributed by atoms with Gasteiger partial charge < -0.3 is 5.32 Å². The number of carbonyl (C=O) groups is 2.